The fraction of sp³-hybridized carbons (Fsp3) is 0.238. The second-order valence-electron chi connectivity index (χ2n) is 7.00. The number of halogens is 6. The number of ether oxygens (including phenoxy) is 1. The van der Waals surface area contributed by atoms with E-state index in [0.29, 0.717) is 0 Å². The zero-order valence-electron chi connectivity index (χ0n) is 16.0. The number of hydrogen-bond acceptors (Lipinski definition) is 4. The summed E-state index contributed by atoms with van der Waals surface area (Å²) in [6.07, 6.45) is -7.35. The maximum atomic E-state index is 15.3. The first-order valence-corrected chi connectivity index (χ1v) is 9.05. The fourth-order valence-electron chi connectivity index (χ4n) is 3.39. The van der Waals surface area contributed by atoms with Gasteiger partial charge in [0.15, 0.2) is 6.17 Å². The Balaban J connectivity index is 2.13. The smallest absolute Gasteiger partial charge is 0.456 e. The van der Waals surface area contributed by atoms with Crippen molar-refractivity contribution in [2.24, 2.45) is 0 Å². The van der Waals surface area contributed by atoms with Crippen LogP contribution in [-0.4, -0.2) is 34.4 Å². The molecule has 3 rings (SSSR count). The van der Waals surface area contributed by atoms with Gasteiger partial charge in [0.2, 0.25) is 0 Å². The summed E-state index contributed by atoms with van der Waals surface area (Å²) in [7, 11) is 0. The van der Waals surface area contributed by atoms with Crippen LogP contribution in [0.3, 0.4) is 0 Å². The first-order valence-electron chi connectivity index (χ1n) is 9.05. The minimum atomic E-state index is -6.19. The Kier molecular flexibility index (Phi) is 5.94. The molecule has 0 amide bonds. The molecule has 32 heavy (non-hydrogen) atoms. The molecule has 0 aromatic heterocycles. The van der Waals surface area contributed by atoms with Gasteiger partial charge in [0.05, 0.1) is 10.3 Å². The Hall–Kier alpha value is -3.50. The Labute approximate surface area is 177 Å². The standard InChI is InChI=1S/C21H15F6NO4/c22-18(20(23,24)21(25,26)27)19(13-4-8-15(29)9-5-13)12-2-1-3-17(19)32-16-10-6-14(7-11-16)28(30)31/h1-12,17-18,29H. The zero-order valence-corrected chi connectivity index (χ0v) is 16.0. The van der Waals surface area contributed by atoms with Crippen molar-refractivity contribution in [3.05, 3.63) is 88.5 Å². The lowest BCUT2D eigenvalue weighted by Crippen LogP contribution is -2.59. The number of alkyl halides is 6. The first kappa shape index (κ1) is 23.2. The van der Waals surface area contributed by atoms with Gasteiger partial charge in [-0.2, -0.15) is 22.0 Å². The lowest BCUT2D eigenvalue weighted by atomic mass is 9.68. The molecule has 0 spiro atoms. The van der Waals surface area contributed by atoms with Crippen LogP contribution in [0.4, 0.5) is 32.0 Å². The molecule has 3 atom stereocenters. The topological polar surface area (TPSA) is 72.6 Å². The van der Waals surface area contributed by atoms with E-state index in [1.807, 2.05) is 0 Å². The highest BCUT2D eigenvalue weighted by Gasteiger charge is 2.70. The van der Waals surface area contributed by atoms with Crippen molar-refractivity contribution in [2.45, 2.75) is 29.8 Å². The summed E-state index contributed by atoms with van der Waals surface area (Å²) in [5.74, 6) is -6.19. The minimum absolute atomic E-state index is 0.119. The van der Waals surface area contributed by atoms with E-state index in [1.165, 1.54) is 6.08 Å². The summed E-state index contributed by atoms with van der Waals surface area (Å²) in [4.78, 5) is 10.1. The van der Waals surface area contributed by atoms with Gasteiger partial charge < -0.3 is 9.84 Å². The second kappa shape index (κ2) is 8.21. The molecule has 0 bridgehead atoms. The fourth-order valence-corrected chi connectivity index (χ4v) is 3.39. The van der Waals surface area contributed by atoms with Crippen molar-refractivity contribution in [2.75, 3.05) is 0 Å². The lowest BCUT2D eigenvalue weighted by molar-refractivity contribution is -0.384. The third-order valence-corrected chi connectivity index (χ3v) is 5.03. The van der Waals surface area contributed by atoms with Gasteiger partial charge >= 0.3 is 12.1 Å². The normalized spacial score (nSPS) is 21.9. The molecule has 2 aromatic carbocycles. The quantitative estimate of drug-likeness (QED) is 0.344. The van der Waals surface area contributed by atoms with E-state index in [-0.39, 0.29) is 22.7 Å². The predicted molar refractivity (Wildman–Crippen MR) is 101 cm³/mol. The molecule has 1 aliphatic rings. The number of nitro benzene ring substituents is 1. The maximum Gasteiger partial charge on any atom is 0.456 e. The van der Waals surface area contributed by atoms with E-state index in [1.54, 1.807) is 0 Å². The summed E-state index contributed by atoms with van der Waals surface area (Å²) in [5, 5.41) is 20.3. The number of aromatic hydroxyl groups is 1. The van der Waals surface area contributed by atoms with Crippen molar-refractivity contribution in [3.8, 4) is 11.5 Å². The Morgan fingerprint density at radius 2 is 1.59 bits per heavy atom. The van der Waals surface area contributed by atoms with Crippen LogP contribution in [0.5, 0.6) is 11.5 Å². The lowest BCUT2D eigenvalue weighted by Gasteiger charge is -2.43. The number of rotatable bonds is 6. The van der Waals surface area contributed by atoms with Crippen molar-refractivity contribution in [3.63, 3.8) is 0 Å². The van der Waals surface area contributed by atoms with Gasteiger partial charge in [-0.3, -0.25) is 10.1 Å². The molecule has 0 saturated heterocycles. The van der Waals surface area contributed by atoms with Gasteiger partial charge in [-0.1, -0.05) is 30.4 Å². The van der Waals surface area contributed by atoms with Gasteiger partial charge in [0.25, 0.3) is 5.69 Å². The molecular weight excluding hydrogens is 444 g/mol. The molecule has 11 heteroatoms. The SMILES string of the molecule is O=[N+]([O-])c1ccc(OC2C=CC=CC2(c2ccc(O)cc2)C(F)C(F)(F)C(F)(F)F)cc1. The van der Waals surface area contributed by atoms with Crippen LogP contribution in [0.15, 0.2) is 72.8 Å². The monoisotopic (exact) mass is 459 g/mol. The molecule has 0 radical (unpaired) electrons. The molecule has 0 fully saturated rings. The van der Waals surface area contributed by atoms with Gasteiger partial charge in [0.1, 0.15) is 17.6 Å². The largest absolute Gasteiger partial charge is 0.508 e. The highest BCUT2D eigenvalue weighted by atomic mass is 19.4. The van der Waals surface area contributed by atoms with Crippen LogP contribution in [0.25, 0.3) is 0 Å². The molecule has 170 valence electrons. The summed E-state index contributed by atoms with van der Waals surface area (Å²) in [6, 6.07) is 8.37. The average molecular weight is 459 g/mol. The van der Waals surface area contributed by atoms with Crippen LogP contribution in [0.1, 0.15) is 5.56 Å². The van der Waals surface area contributed by atoms with Crippen LogP contribution >= 0.6 is 0 Å². The molecule has 2 aromatic rings. The van der Waals surface area contributed by atoms with Crippen molar-refractivity contribution < 1.29 is 41.1 Å². The van der Waals surface area contributed by atoms with Crippen LogP contribution in [0.2, 0.25) is 0 Å². The summed E-state index contributed by atoms with van der Waals surface area (Å²) in [6.45, 7) is 0. The van der Waals surface area contributed by atoms with E-state index in [4.69, 9.17) is 4.74 Å². The molecule has 1 aliphatic carbocycles. The Morgan fingerprint density at radius 3 is 2.12 bits per heavy atom. The van der Waals surface area contributed by atoms with Gasteiger partial charge in [0, 0.05) is 12.1 Å². The molecule has 0 heterocycles. The molecule has 1 N–H and O–H groups in total. The van der Waals surface area contributed by atoms with Crippen molar-refractivity contribution in [1.82, 2.24) is 0 Å². The third-order valence-electron chi connectivity index (χ3n) is 5.03. The predicted octanol–water partition coefficient (Wildman–Crippen LogP) is 5.65. The summed E-state index contributed by atoms with van der Waals surface area (Å²) >= 11 is 0. The van der Waals surface area contributed by atoms with E-state index >= 15 is 4.39 Å². The van der Waals surface area contributed by atoms with Crippen LogP contribution in [-0.2, 0) is 5.41 Å². The van der Waals surface area contributed by atoms with Crippen molar-refractivity contribution in [1.29, 1.82) is 0 Å². The van der Waals surface area contributed by atoms with Crippen LogP contribution in [0, 0.1) is 10.1 Å². The van der Waals surface area contributed by atoms with Crippen LogP contribution < -0.4 is 4.74 Å². The number of nitro groups is 1. The number of benzene rings is 2. The second-order valence-corrected chi connectivity index (χ2v) is 7.00. The number of phenolic OH excluding ortho intramolecular Hbond substituents is 1. The van der Waals surface area contributed by atoms with Gasteiger partial charge in [-0.15, -0.1) is 0 Å². The molecule has 5 nitrogen and oxygen atoms in total. The average Bonchev–Trinajstić information content (AvgIpc) is 2.74. The van der Waals surface area contributed by atoms with E-state index in [2.05, 4.69) is 0 Å². The summed E-state index contributed by atoms with van der Waals surface area (Å²) in [5.41, 5.74) is -3.27. The molecule has 0 aliphatic heterocycles. The number of phenols is 1. The molecule has 0 saturated carbocycles. The maximum absolute atomic E-state index is 15.3. The number of non-ortho nitro benzene ring substituents is 1. The minimum Gasteiger partial charge on any atom is -0.508 e. The highest BCUT2D eigenvalue weighted by molar-refractivity contribution is 5.45. The van der Waals surface area contributed by atoms with E-state index in [9.17, 15) is 37.2 Å². The first-order chi connectivity index (χ1) is 14.9. The van der Waals surface area contributed by atoms with Gasteiger partial charge in [-0.25, -0.2) is 4.39 Å². The van der Waals surface area contributed by atoms with E-state index in [0.717, 1.165) is 66.8 Å². The molecule has 3 unspecified atom stereocenters. The van der Waals surface area contributed by atoms with Crippen molar-refractivity contribution >= 4 is 5.69 Å². The third kappa shape index (κ3) is 4.02. The Morgan fingerprint density at radius 1 is 1.00 bits per heavy atom. The highest BCUT2D eigenvalue weighted by Crippen LogP contribution is 2.50. The number of allylic oxidation sites excluding steroid dienone is 2. The molecular formula is C21H15F6NO4. The summed E-state index contributed by atoms with van der Waals surface area (Å²) < 4.78 is 88.6. The van der Waals surface area contributed by atoms with E-state index < -0.39 is 34.7 Å². The Bertz CT molecular complexity index is 1030. The van der Waals surface area contributed by atoms with Gasteiger partial charge in [-0.05, 0) is 35.9 Å². The number of nitrogens with zero attached hydrogens (tertiary/aromatic N) is 1. The zero-order chi connectivity index (χ0) is 23.7. The number of hydrogen-bond donors (Lipinski definition) is 1.